The molecule has 1 aromatic rings. The van der Waals surface area contributed by atoms with Gasteiger partial charge in [0.25, 0.3) is 5.91 Å². The lowest BCUT2D eigenvalue weighted by atomic mass is 10.1. The van der Waals surface area contributed by atoms with Gasteiger partial charge in [-0.25, -0.2) is 0 Å². The van der Waals surface area contributed by atoms with E-state index in [2.05, 4.69) is 10.5 Å². The lowest BCUT2D eigenvalue weighted by molar-refractivity contribution is 0.0956. The van der Waals surface area contributed by atoms with Crippen molar-refractivity contribution in [3.05, 3.63) is 35.4 Å². The number of carbonyl (C=O) groups excluding carboxylic acids is 1. The number of nitrogens with zero attached hydrogens (tertiary/aromatic N) is 1. The van der Waals surface area contributed by atoms with Gasteiger partial charge in [0.05, 0.1) is 0 Å². The minimum absolute atomic E-state index is 0.0254. The fourth-order valence-corrected chi connectivity index (χ4v) is 1.11. The van der Waals surface area contributed by atoms with Gasteiger partial charge in [0.15, 0.2) is 5.84 Å². The average Bonchev–Trinajstić information content (AvgIpc) is 2.28. The van der Waals surface area contributed by atoms with Crippen molar-refractivity contribution in [2.24, 2.45) is 10.9 Å². The molecule has 15 heavy (non-hydrogen) atoms. The van der Waals surface area contributed by atoms with Gasteiger partial charge in [-0.1, -0.05) is 17.3 Å². The molecule has 1 amide bonds. The molecular weight excluding hydrogens is 194 g/mol. The number of benzene rings is 1. The number of nitrogens with two attached hydrogens (primary N) is 1. The second kappa shape index (κ2) is 4.99. The predicted octanol–water partition coefficient (Wildman–Crippen LogP) is 0.531. The molecule has 0 bridgehead atoms. The molecule has 1 rings (SSSR count). The predicted molar refractivity (Wildman–Crippen MR) is 57.0 cm³/mol. The van der Waals surface area contributed by atoms with E-state index in [4.69, 9.17) is 10.9 Å². The van der Waals surface area contributed by atoms with Crippen LogP contribution < -0.4 is 11.1 Å². The molecule has 0 heterocycles. The van der Waals surface area contributed by atoms with Gasteiger partial charge in [-0.15, -0.1) is 0 Å². The summed E-state index contributed by atoms with van der Waals surface area (Å²) in [6, 6.07) is 6.50. The third-order valence-electron chi connectivity index (χ3n) is 1.89. The van der Waals surface area contributed by atoms with Crippen LogP contribution in [0.25, 0.3) is 0 Å². The van der Waals surface area contributed by atoms with Crippen molar-refractivity contribution in [1.29, 1.82) is 0 Å². The van der Waals surface area contributed by atoms with Crippen molar-refractivity contribution in [3.8, 4) is 0 Å². The number of oxime groups is 1. The smallest absolute Gasteiger partial charge is 0.251 e. The van der Waals surface area contributed by atoms with Crippen LogP contribution in [-0.2, 0) is 0 Å². The third-order valence-corrected chi connectivity index (χ3v) is 1.89. The minimum atomic E-state index is -0.136. The van der Waals surface area contributed by atoms with Gasteiger partial charge in [0.1, 0.15) is 0 Å². The van der Waals surface area contributed by atoms with Crippen LogP contribution >= 0.6 is 0 Å². The number of hydrogen-bond acceptors (Lipinski definition) is 3. The molecule has 0 aromatic heterocycles. The van der Waals surface area contributed by atoms with E-state index in [1.807, 2.05) is 6.92 Å². The summed E-state index contributed by atoms with van der Waals surface area (Å²) in [5.41, 5.74) is 6.50. The molecule has 0 aliphatic rings. The summed E-state index contributed by atoms with van der Waals surface area (Å²) in [6.07, 6.45) is 0. The van der Waals surface area contributed by atoms with Gasteiger partial charge in [-0.3, -0.25) is 4.79 Å². The molecule has 4 N–H and O–H groups in total. The Labute approximate surface area is 87.6 Å². The van der Waals surface area contributed by atoms with E-state index in [9.17, 15) is 4.79 Å². The molecule has 1 aromatic carbocycles. The molecule has 0 unspecified atom stereocenters. The maximum absolute atomic E-state index is 11.4. The number of amides is 1. The maximum Gasteiger partial charge on any atom is 0.251 e. The Hall–Kier alpha value is -2.04. The highest BCUT2D eigenvalue weighted by Crippen LogP contribution is 2.04. The zero-order valence-electron chi connectivity index (χ0n) is 8.40. The first kappa shape index (κ1) is 11.0. The van der Waals surface area contributed by atoms with Crippen LogP contribution in [0.15, 0.2) is 29.4 Å². The topological polar surface area (TPSA) is 87.7 Å². The first-order valence-electron chi connectivity index (χ1n) is 4.55. The van der Waals surface area contributed by atoms with E-state index >= 15 is 0 Å². The summed E-state index contributed by atoms with van der Waals surface area (Å²) in [7, 11) is 0. The molecule has 0 saturated carbocycles. The summed E-state index contributed by atoms with van der Waals surface area (Å²) < 4.78 is 0. The quantitative estimate of drug-likeness (QED) is 0.292. The molecular formula is C10H13N3O2. The fraction of sp³-hybridized carbons (Fsp3) is 0.200. The number of rotatable bonds is 3. The van der Waals surface area contributed by atoms with Crippen molar-refractivity contribution in [2.75, 3.05) is 6.54 Å². The summed E-state index contributed by atoms with van der Waals surface area (Å²) in [5, 5.41) is 14.0. The third kappa shape index (κ3) is 2.70. The second-order valence-electron chi connectivity index (χ2n) is 2.92. The monoisotopic (exact) mass is 207 g/mol. The Morgan fingerprint density at radius 2 is 1.93 bits per heavy atom. The highest BCUT2D eigenvalue weighted by Gasteiger charge is 2.04. The minimum Gasteiger partial charge on any atom is -0.409 e. The summed E-state index contributed by atoms with van der Waals surface area (Å²) in [6.45, 7) is 2.43. The van der Waals surface area contributed by atoms with Crippen LogP contribution in [-0.4, -0.2) is 23.5 Å². The van der Waals surface area contributed by atoms with Crippen LogP contribution in [0, 0.1) is 0 Å². The van der Waals surface area contributed by atoms with Crippen molar-refractivity contribution >= 4 is 11.7 Å². The Kier molecular flexibility index (Phi) is 3.68. The van der Waals surface area contributed by atoms with E-state index in [1.165, 1.54) is 0 Å². The van der Waals surface area contributed by atoms with Crippen LogP contribution in [0.5, 0.6) is 0 Å². The lowest BCUT2D eigenvalue weighted by Crippen LogP contribution is -2.22. The molecule has 5 nitrogen and oxygen atoms in total. The first-order chi connectivity index (χ1) is 7.19. The van der Waals surface area contributed by atoms with E-state index < -0.39 is 0 Å². The van der Waals surface area contributed by atoms with Gasteiger partial charge in [-0.2, -0.15) is 0 Å². The van der Waals surface area contributed by atoms with E-state index in [1.54, 1.807) is 24.3 Å². The SMILES string of the molecule is CCNC(=O)c1ccc(/C(N)=N/O)cc1. The van der Waals surface area contributed by atoms with Gasteiger partial charge < -0.3 is 16.3 Å². The highest BCUT2D eigenvalue weighted by molar-refractivity contribution is 5.99. The molecule has 5 heteroatoms. The summed E-state index contributed by atoms with van der Waals surface area (Å²) in [5.74, 6) is -0.110. The first-order valence-corrected chi connectivity index (χ1v) is 4.55. The van der Waals surface area contributed by atoms with Crippen LogP contribution in [0.4, 0.5) is 0 Å². The van der Waals surface area contributed by atoms with Gasteiger partial charge in [-0.05, 0) is 19.1 Å². The molecule has 0 radical (unpaired) electrons. The number of hydrogen-bond donors (Lipinski definition) is 3. The Morgan fingerprint density at radius 3 is 2.40 bits per heavy atom. The van der Waals surface area contributed by atoms with E-state index in [0.29, 0.717) is 17.7 Å². The maximum atomic E-state index is 11.4. The van der Waals surface area contributed by atoms with Gasteiger partial charge in [0, 0.05) is 17.7 Å². The highest BCUT2D eigenvalue weighted by atomic mass is 16.4. The zero-order chi connectivity index (χ0) is 11.3. The number of nitrogens with one attached hydrogen (secondary N) is 1. The van der Waals surface area contributed by atoms with Crippen molar-refractivity contribution in [2.45, 2.75) is 6.92 Å². The van der Waals surface area contributed by atoms with Crippen LogP contribution in [0.1, 0.15) is 22.8 Å². The number of carbonyl (C=O) groups is 1. The van der Waals surface area contributed by atoms with Crippen molar-refractivity contribution < 1.29 is 10.0 Å². The number of amidine groups is 1. The Bertz CT molecular complexity index is 371. The van der Waals surface area contributed by atoms with Crippen molar-refractivity contribution in [3.63, 3.8) is 0 Å². The molecule has 0 aliphatic carbocycles. The van der Waals surface area contributed by atoms with Crippen LogP contribution in [0.3, 0.4) is 0 Å². The van der Waals surface area contributed by atoms with Crippen LogP contribution in [0.2, 0.25) is 0 Å². The van der Waals surface area contributed by atoms with Gasteiger partial charge in [0.2, 0.25) is 0 Å². The summed E-state index contributed by atoms with van der Waals surface area (Å²) in [4.78, 5) is 11.4. The normalized spacial score (nSPS) is 11.1. The Balaban J connectivity index is 2.85. The lowest BCUT2D eigenvalue weighted by Gasteiger charge is -2.03. The fourth-order valence-electron chi connectivity index (χ4n) is 1.11. The molecule has 0 aliphatic heterocycles. The van der Waals surface area contributed by atoms with E-state index in [0.717, 1.165) is 0 Å². The summed E-state index contributed by atoms with van der Waals surface area (Å²) >= 11 is 0. The molecule has 0 saturated heterocycles. The molecule has 0 atom stereocenters. The molecule has 0 spiro atoms. The van der Waals surface area contributed by atoms with E-state index in [-0.39, 0.29) is 11.7 Å². The zero-order valence-corrected chi connectivity index (χ0v) is 8.40. The largest absolute Gasteiger partial charge is 0.409 e. The Morgan fingerprint density at radius 1 is 1.40 bits per heavy atom. The molecule has 0 fully saturated rings. The standard InChI is InChI=1S/C10H13N3O2/c1-2-12-10(14)8-5-3-7(4-6-8)9(11)13-15/h3-6,15H,2H2,1H3,(H2,11,13)(H,12,14). The average molecular weight is 207 g/mol. The van der Waals surface area contributed by atoms with Crippen molar-refractivity contribution in [1.82, 2.24) is 5.32 Å². The van der Waals surface area contributed by atoms with Gasteiger partial charge >= 0.3 is 0 Å². The second-order valence-corrected chi connectivity index (χ2v) is 2.92. The molecule has 80 valence electrons.